The largest absolute Gasteiger partial charge is 0.469 e. The van der Waals surface area contributed by atoms with Crippen LogP contribution in [-0.4, -0.2) is 32.2 Å². The van der Waals surface area contributed by atoms with Gasteiger partial charge in [-0.25, -0.2) is 13.4 Å². The molecule has 0 aliphatic rings. The Kier molecular flexibility index (Phi) is 5.08. The number of sulfonamides is 1. The molecular weight excluding hydrogens is 256 g/mol. The molecule has 1 aromatic heterocycles. The van der Waals surface area contributed by atoms with E-state index in [4.69, 9.17) is 0 Å². The monoisotopic (exact) mass is 272 g/mol. The summed E-state index contributed by atoms with van der Waals surface area (Å²) in [5.41, 5.74) is 0.727. The third-order valence-electron chi connectivity index (χ3n) is 2.17. The number of aromatic nitrogens is 1. The van der Waals surface area contributed by atoms with Crippen molar-refractivity contribution in [2.24, 2.45) is 0 Å². The van der Waals surface area contributed by atoms with Gasteiger partial charge < -0.3 is 4.74 Å². The first kappa shape index (κ1) is 14.4. The molecule has 100 valence electrons. The summed E-state index contributed by atoms with van der Waals surface area (Å²) >= 11 is 0. The highest BCUT2D eigenvalue weighted by atomic mass is 32.2. The number of rotatable bonds is 6. The average Bonchev–Trinajstić information content (AvgIpc) is 2.27. The highest BCUT2D eigenvalue weighted by molar-refractivity contribution is 7.92. The van der Waals surface area contributed by atoms with E-state index in [1.165, 1.54) is 7.11 Å². The van der Waals surface area contributed by atoms with Crippen molar-refractivity contribution in [3.05, 3.63) is 23.9 Å². The predicted molar refractivity (Wildman–Crippen MR) is 67.6 cm³/mol. The average molecular weight is 272 g/mol. The summed E-state index contributed by atoms with van der Waals surface area (Å²) < 4.78 is 30.1. The number of pyridine rings is 1. The zero-order chi connectivity index (χ0) is 13.6. The number of hydrogen-bond donors (Lipinski definition) is 1. The van der Waals surface area contributed by atoms with Gasteiger partial charge in [0.1, 0.15) is 5.82 Å². The molecule has 0 spiro atoms. The summed E-state index contributed by atoms with van der Waals surface area (Å²) in [7, 11) is -2.21. The minimum absolute atomic E-state index is 0.0820. The minimum atomic E-state index is -3.48. The SMILES string of the molecule is COC(=O)CCCS(=O)(=O)Nc1cccc(C)n1. The van der Waals surface area contributed by atoms with E-state index in [0.29, 0.717) is 0 Å². The lowest BCUT2D eigenvalue weighted by Crippen LogP contribution is -2.18. The lowest BCUT2D eigenvalue weighted by atomic mass is 10.3. The van der Waals surface area contributed by atoms with Gasteiger partial charge >= 0.3 is 5.97 Å². The molecule has 1 aromatic rings. The van der Waals surface area contributed by atoms with Crippen LogP contribution in [0.2, 0.25) is 0 Å². The number of ether oxygens (including phenoxy) is 1. The van der Waals surface area contributed by atoms with Gasteiger partial charge in [-0.05, 0) is 25.5 Å². The maximum Gasteiger partial charge on any atom is 0.305 e. The summed E-state index contributed by atoms with van der Waals surface area (Å²) in [5.74, 6) is -0.274. The fraction of sp³-hybridized carbons (Fsp3) is 0.455. The smallest absolute Gasteiger partial charge is 0.305 e. The van der Waals surface area contributed by atoms with Gasteiger partial charge in [0.2, 0.25) is 10.0 Å². The number of nitrogens with one attached hydrogen (secondary N) is 1. The Hall–Kier alpha value is -1.63. The second-order valence-electron chi connectivity index (χ2n) is 3.76. The number of nitrogens with zero attached hydrogens (tertiary/aromatic N) is 1. The molecule has 1 rings (SSSR count). The van der Waals surface area contributed by atoms with Crippen molar-refractivity contribution >= 4 is 21.8 Å². The number of carbonyl (C=O) groups is 1. The summed E-state index contributed by atoms with van der Waals surface area (Å²) in [6.07, 6.45) is 0.298. The van der Waals surface area contributed by atoms with Crippen molar-refractivity contribution in [3.8, 4) is 0 Å². The quantitative estimate of drug-likeness (QED) is 0.783. The van der Waals surface area contributed by atoms with E-state index in [9.17, 15) is 13.2 Å². The number of aryl methyl sites for hydroxylation is 1. The van der Waals surface area contributed by atoms with Crippen LogP contribution in [0, 0.1) is 6.92 Å². The van der Waals surface area contributed by atoms with Crippen LogP contribution in [0.3, 0.4) is 0 Å². The topological polar surface area (TPSA) is 85.4 Å². The molecule has 0 unspecified atom stereocenters. The minimum Gasteiger partial charge on any atom is -0.469 e. The first-order chi connectivity index (χ1) is 8.43. The highest BCUT2D eigenvalue weighted by Crippen LogP contribution is 2.08. The molecule has 0 radical (unpaired) electrons. The summed E-state index contributed by atoms with van der Waals surface area (Å²) in [4.78, 5) is 14.9. The van der Waals surface area contributed by atoms with E-state index in [0.717, 1.165) is 5.69 Å². The van der Waals surface area contributed by atoms with E-state index >= 15 is 0 Å². The van der Waals surface area contributed by atoms with Crippen molar-refractivity contribution in [3.63, 3.8) is 0 Å². The molecule has 0 aromatic carbocycles. The Bertz CT molecular complexity index is 514. The van der Waals surface area contributed by atoms with Crippen molar-refractivity contribution in [1.29, 1.82) is 0 Å². The molecule has 18 heavy (non-hydrogen) atoms. The molecule has 7 heteroatoms. The zero-order valence-corrected chi connectivity index (χ0v) is 11.2. The van der Waals surface area contributed by atoms with E-state index in [2.05, 4.69) is 14.4 Å². The van der Waals surface area contributed by atoms with E-state index < -0.39 is 16.0 Å². The molecule has 6 nitrogen and oxygen atoms in total. The molecule has 1 N–H and O–H groups in total. The van der Waals surface area contributed by atoms with Gasteiger partial charge in [0.05, 0.1) is 12.9 Å². The number of hydrogen-bond acceptors (Lipinski definition) is 5. The summed E-state index contributed by atoms with van der Waals surface area (Å²) in [6.45, 7) is 1.77. The number of methoxy groups -OCH3 is 1. The predicted octanol–water partition coefficient (Wildman–Crippen LogP) is 1.08. The van der Waals surface area contributed by atoms with Gasteiger partial charge in [0.25, 0.3) is 0 Å². The van der Waals surface area contributed by atoms with E-state index in [-0.39, 0.29) is 24.4 Å². The lowest BCUT2D eigenvalue weighted by molar-refractivity contribution is -0.140. The maximum absolute atomic E-state index is 11.7. The summed E-state index contributed by atoms with van der Waals surface area (Å²) in [6, 6.07) is 5.06. The van der Waals surface area contributed by atoms with Crippen LogP contribution in [0.1, 0.15) is 18.5 Å². The van der Waals surface area contributed by atoms with Gasteiger partial charge in [0, 0.05) is 12.1 Å². The Morgan fingerprint density at radius 2 is 2.17 bits per heavy atom. The first-order valence-electron chi connectivity index (χ1n) is 5.44. The molecule has 0 amide bonds. The van der Waals surface area contributed by atoms with Crippen molar-refractivity contribution < 1.29 is 17.9 Å². The van der Waals surface area contributed by atoms with Crippen LogP contribution < -0.4 is 4.72 Å². The standard InChI is InChI=1S/C11H16N2O4S/c1-9-5-3-6-10(12-9)13-18(15,16)8-4-7-11(14)17-2/h3,5-6H,4,7-8H2,1-2H3,(H,12,13). The van der Waals surface area contributed by atoms with Crippen LogP contribution in [0.5, 0.6) is 0 Å². The molecule has 0 saturated carbocycles. The van der Waals surface area contributed by atoms with Crippen molar-refractivity contribution in [1.82, 2.24) is 4.98 Å². The molecule has 0 saturated heterocycles. The van der Waals surface area contributed by atoms with Crippen LogP contribution in [-0.2, 0) is 19.6 Å². The van der Waals surface area contributed by atoms with Gasteiger partial charge in [-0.15, -0.1) is 0 Å². The third kappa shape index (κ3) is 5.13. The van der Waals surface area contributed by atoms with E-state index in [1.807, 2.05) is 0 Å². The zero-order valence-electron chi connectivity index (χ0n) is 10.3. The normalized spacial score (nSPS) is 11.0. The Morgan fingerprint density at radius 1 is 1.44 bits per heavy atom. The Morgan fingerprint density at radius 3 is 2.78 bits per heavy atom. The van der Waals surface area contributed by atoms with E-state index in [1.54, 1.807) is 25.1 Å². The Balaban J connectivity index is 2.52. The fourth-order valence-electron chi connectivity index (χ4n) is 1.32. The number of carbonyl (C=O) groups excluding carboxylic acids is 1. The van der Waals surface area contributed by atoms with Gasteiger partial charge in [-0.3, -0.25) is 9.52 Å². The molecule has 0 aliphatic heterocycles. The maximum atomic E-state index is 11.7. The Labute approximate surface area is 106 Å². The highest BCUT2D eigenvalue weighted by Gasteiger charge is 2.12. The van der Waals surface area contributed by atoms with Crippen LogP contribution >= 0.6 is 0 Å². The van der Waals surface area contributed by atoms with Crippen LogP contribution in [0.25, 0.3) is 0 Å². The second-order valence-corrected chi connectivity index (χ2v) is 5.61. The number of esters is 1. The summed E-state index contributed by atoms with van der Waals surface area (Å²) in [5, 5.41) is 0. The first-order valence-corrected chi connectivity index (χ1v) is 7.09. The van der Waals surface area contributed by atoms with Crippen LogP contribution in [0.4, 0.5) is 5.82 Å². The molecule has 0 atom stereocenters. The van der Waals surface area contributed by atoms with Crippen molar-refractivity contribution in [2.75, 3.05) is 17.6 Å². The van der Waals surface area contributed by atoms with Gasteiger partial charge in [-0.1, -0.05) is 6.07 Å². The molecule has 0 fully saturated rings. The molecular formula is C11H16N2O4S. The molecule has 0 aliphatic carbocycles. The van der Waals surface area contributed by atoms with Gasteiger partial charge in [0.15, 0.2) is 0 Å². The second kappa shape index (κ2) is 6.34. The van der Waals surface area contributed by atoms with Crippen molar-refractivity contribution in [2.45, 2.75) is 19.8 Å². The molecule has 1 heterocycles. The van der Waals surface area contributed by atoms with Gasteiger partial charge in [-0.2, -0.15) is 0 Å². The molecule has 0 bridgehead atoms. The number of anilines is 1. The third-order valence-corrected chi connectivity index (χ3v) is 3.52. The fourth-order valence-corrected chi connectivity index (χ4v) is 2.38. The lowest BCUT2D eigenvalue weighted by Gasteiger charge is -2.07. The van der Waals surface area contributed by atoms with Crippen LogP contribution in [0.15, 0.2) is 18.2 Å².